The first-order valence-electron chi connectivity index (χ1n) is 11.0. The summed E-state index contributed by atoms with van der Waals surface area (Å²) < 4.78 is 28.5. The van der Waals surface area contributed by atoms with Gasteiger partial charge in [-0.2, -0.15) is 0 Å². The Morgan fingerprint density at radius 1 is 1.06 bits per heavy atom. The van der Waals surface area contributed by atoms with E-state index < -0.39 is 35.8 Å². The lowest BCUT2D eigenvalue weighted by molar-refractivity contribution is -0.138. The van der Waals surface area contributed by atoms with Crippen LogP contribution in [0.4, 0.5) is 8.78 Å². The summed E-state index contributed by atoms with van der Waals surface area (Å²) >= 11 is 0. The lowest BCUT2D eigenvalue weighted by Gasteiger charge is -2.24. The van der Waals surface area contributed by atoms with E-state index in [-0.39, 0.29) is 25.9 Å². The van der Waals surface area contributed by atoms with Gasteiger partial charge in [-0.25, -0.2) is 8.78 Å². The number of halogens is 2. The molecule has 3 N–H and O–H groups in total. The maximum Gasteiger partial charge on any atom is 0.249 e. The van der Waals surface area contributed by atoms with Gasteiger partial charge in [0.1, 0.15) is 18.0 Å². The molecule has 3 aliphatic rings. The monoisotopic (exact) mass is 465 g/mol. The highest BCUT2D eigenvalue weighted by Gasteiger charge is 2.40. The Morgan fingerprint density at radius 2 is 1.79 bits per heavy atom. The van der Waals surface area contributed by atoms with Crippen molar-refractivity contribution in [3.63, 3.8) is 0 Å². The average Bonchev–Trinajstić information content (AvgIpc) is 3.25. The number of fused-ring (bicyclic) bond motifs is 1. The van der Waals surface area contributed by atoms with Crippen molar-refractivity contribution in [2.45, 2.75) is 38.5 Å². The van der Waals surface area contributed by atoms with Crippen LogP contribution in [0.1, 0.15) is 33.5 Å². The van der Waals surface area contributed by atoms with Crippen LogP contribution in [0.25, 0.3) is 11.1 Å². The molecule has 0 saturated carbocycles. The van der Waals surface area contributed by atoms with Crippen LogP contribution in [0.3, 0.4) is 0 Å². The molecule has 1 saturated heterocycles. The zero-order valence-electron chi connectivity index (χ0n) is 18.7. The van der Waals surface area contributed by atoms with Crippen molar-refractivity contribution in [1.29, 1.82) is 0 Å². The molecule has 4 rings (SSSR count). The van der Waals surface area contributed by atoms with E-state index in [9.17, 15) is 23.2 Å². The van der Waals surface area contributed by atoms with E-state index in [4.69, 9.17) is 5.73 Å². The number of likely N-dealkylation sites (tertiary alicyclic amines) is 1. The minimum atomic E-state index is -1.34. The highest BCUT2D eigenvalue weighted by atomic mass is 19.1. The van der Waals surface area contributed by atoms with Crippen LogP contribution >= 0.6 is 0 Å². The second kappa shape index (κ2) is 9.59. The quantitative estimate of drug-likeness (QED) is 0.586. The van der Waals surface area contributed by atoms with Gasteiger partial charge in [0.15, 0.2) is 0 Å². The second-order valence-electron chi connectivity index (χ2n) is 8.52. The van der Waals surface area contributed by atoms with Crippen LogP contribution in [0, 0.1) is 12.7 Å². The molecule has 1 aromatic rings. The fourth-order valence-electron chi connectivity index (χ4n) is 4.46. The number of carbonyl (C=O) groups is 3. The third-order valence-corrected chi connectivity index (χ3v) is 6.20. The van der Waals surface area contributed by atoms with Crippen LogP contribution in [-0.4, -0.2) is 41.4 Å². The molecule has 3 amide bonds. The number of nitrogens with zero attached hydrogens (tertiary/aromatic N) is 1. The Kier molecular flexibility index (Phi) is 6.58. The van der Waals surface area contributed by atoms with Crippen molar-refractivity contribution < 1.29 is 23.2 Å². The summed E-state index contributed by atoms with van der Waals surface area (Å²) in [6.45, 7) is 1.36. The summed E-state index contributed by atoms with van der Waals surface area (Å²) in [4.78, 5) is 39.1. The Bertz CT molecular complexity index is 1230. The summed E-state index contributed by atoms with van der Waals surface area (Å²) in [6.07, 6.45) is -1.58. The molecule has 8 heteroatoms. The highest BCUT2D eigenvalue weighted by molar-refractivity contribution is 6.03. The van der Waals surface area contributed by atoms with Crippen LogP contribution in [-0.2, 0) is 22.6 Å². The lowest BCUT2D eigenvalue weighted by atomic mass is 10.1. The average molecular weight is 466 g/mol. The summed E-state index contributed by atoms with van der Waals surface area (Å²) in [6, 6.07) is 14.3. The molecule has 0 aromatic heterocycles. The van der Waals surface area contributed by atoms with E-state index in [0.717, 1.165) is 0 Å². The van der Waals surface area contributed by atoms with E-state index in [1.54, 1.807) is 61.5 Å². The van der Waals surface area contributed by atoms with E-state index in [0.29, 0.717) is 33.4 Å². The Labute approximate surface area is 196 Å². The van der Waals surface area contributed by atoms with Crippen LogP contribution in [0.5, 0.6) is 0 Å². The first-order valence-corrected chi connectivity index (χ1v) is 11.0. The molecule has 176 valence electrons. The summed E-state index contributed by atoms with van der Waals surface area (Å²) in [5, 5.41) is 2.63. The van der Waals surface area contributed by atoms with Gasteiger partial charge in [-0.15, -0.1) is 0 Å². The van der Waals surface area contributed by atoms with Gasteiger partial charge in [0.2, 0.25) is 17.7 Å². The number of benzene rings is 1. The van der Waals surface area contributed by atoms with E-state index >= 15 is 0 Å². The maximum absolute atomic E-state index is 14.3. The number of nitrogens with one attached hydrogen (secondary N) is 1. The predicted octanol–water partition coefficient (Wildman–Crippen LogP) is 3.14. The van der Waals surface area contributed by atoms with Gasteiger partial charge in [-0.1, -0.05) is 48.5 Å². The molecule has 0 spiro atoms. The van der Waals surface area contributed by atoms with Crippen molar-refractivity contribution in [2.24, 2.45) is 5.73 Å². The highest BCUT2D eigenvalue weighted by Crippen LogP contribution is 2.33. The smallest absolute Gasteiger partial charge is 0.249 e. The standard InChI is InChI=1S/C26H25F2N3O3/c1-15-6-5-7-16(24(15)28)13-30-26(34)22-12-18(27)14-31(22)23(32)11-17-10-21(25(29)33)20-9-4-2-3-8-19(17)20/h2-10,18,22H,11-14H2,1H3,(H2,29,33)(H,30,34)/t18-,22+/m1/s1. The number of primary amides is 1. The fraction of sp³-hybridized carbons (Fsp3) is 0.269. The number of aryl methyl sites for hydroxylation is 1. The molecule has 1 heterocycles. The van der Waals surface area contributed by atoms with Gasteiger partial charge in [-0.05, 0) is 35.2 Å². The SMILES string of the molecule is Cc1cccc(CNC(=O)[C@@H]2C[C@@H](F)CN2C(=O)Cc2cc(C(N)=O)c3cccccc2-3)c1F. The zero-order chi connectivity index (χ0) is 24.4. The van der Waals surface area contributed by atoms with Crippen molar-refractivity contribution in [2.75, 3.05) is 6.54 Å². The van der Waals surface area contributed by atoms with Gasteiger partial charge in [-0.3, -0.25) is 14.4 Å². The zero-order valence-corrected chi connectivity index (χ0v) is 18.7. The molecular formula is C26H25F2N3O3. The maximum atomic E-state index is 14.3. The van der Waals surface area contributed by atoms with E-state index in [1.807, 2.05) is 0 Å². The molecule has 0 unspecified atom stereocenters. The molecule has 1 aromatic carbocycles. The molecule has 1 fully saturated rings. The van der Waals surface area contributed by atoms with Crippen molar-refractivity contribution >= 4 is 17.7 Å². The summed E-state index contributed by atoms with van der Waals surface area (Å²) in [5.74, 6) is -1.99. The number of nitrogens with two attached hydrogens (primary N) is 1. The van der Waals surface area contributed by atoms with E-state index in [2.05, 4.69) is 5.32 Å². The molecule has 1 aliphatic heterocycles. The fourth-order valence-corrected chi connectivity index (χ4v) is 4.46. The van der Waals surface area contributed by atoms with Crippen molar-refractivity contribution in [3.05, 3.63) is 82.7 Å². The summed E-state index contributed by atoms with van der Waals surface area (Å²) in [7, 11) is 0. The lowest BCUT2D eigenvalue weighted by Crippen LogP contribution is -2.46. The van der Waals surface area contributed by atoms with Gasteiger partial charge >= 0.3 is 0 Å². The number of rotatable bonds is 6. The van der Waals surface area contributed by atoms with Crippen molar-refractivity contribution in [1.82, 2.24) is 10.2 Å². The number of hydrogen-bond donors (Lipinski definition) is 2. The number of amides is 3. The van der Waals surface area contributed by atoms with Crippen LogP contribution < -0.4 is 11.1 Å². The first kappa shape index (κ1) is 23.4. The van der Waals surface area contributed by atoms with Crippen molar-refractivity contribution in [3.8, 4) is 11.1 Å². The van der Waals surface area contributed by atoms with E-state index in [1.165, 1.54) is 4.90 Å². The molecule has 0 bridgehead atoms. The summed E-state index contributed by atoms with van der Waals surface area (Å²) in [5.41, 5.74) is 8.47. The number of alkyl halides is 1. The minimum absolute atomic E-state index is 0.0617. The Balaban J connectivity index is 1.51. The van der Waals surface area contributed by atoms with Gasteiger partial charge in [0, 0.05) is 24.1 Å². The second-order valence-corrected chi connectivity index (χ2v) is 8.52. The molecular weight excluding hydrogens is 440 g/mol. The van der Waals surface area contributed by atoms with Crippen LogP contribution in [0.2, 0.25) is 0 Å². The first-order chi connectivity index (χ1) is 16.3. The normalized spacial score (nSPS) is 17.7. The Morgan fingerprint density at radius 3 is 2.53 bits per heavy atom. The molecule has 0 radical (unpaired) electrons. The largest absolute Gasteiger partial charge is 0.366 e. The molecule has 6 nitrogen and oxygen atoms in total. The third-order valence-electron chi connectivity index (χ3n) is 6.20. The van der Waals surface area contributed by atoms with Gasteiger partial charge in [0.05, 0.1) is 13.0 Å². The molecule has 2 aliphatic carbocycles. The number of hydrogen-bond acceptors (Lipinski definition) is 3. The number of carbonyl (C=O) groups excluding carboxylic acids is 3. The van der Waals surface area contributed by atoms with Gasteiger partial charge in [0.25, 0.3) is 0 Å². The topological polar surface area (TPSA) is 92.5 Å². The molecule has 2 atom stereocenters. The molecule has 34 heavy (non-hydrogen) atoms. The third kappa shape index (κ3) is 4.62. The predicted molar refractivity (Wildman–Crippen MR) is 123 cm³/mol. The minimum Gasteiger partial charge on any atom is -0.366 e. The Hall–Kier alpha value is -3.81. The van der Waals surface area contributed by atoms with Crippen LogP contribution in [0.15, 0.2) is 54.6 Å². The van der Waals surface area contributed by atoms with Gasteiger partial charge < -0.3 is 16.0 Å².